The van der Waals surface area contributed by atoms with Crippen molar-refractivity contribution < 1.29 is 18.3 Å². The van der Waals surface area contributed by atoms with Crippen molar-refractivity contribution in [3.63, 3.8) is 0 Å². The molecule has 0 spiro atoms. The molecule has 6 heteroatoms. The molecule has 1 fully saturated rings. The van der Waals surface area contributed by atoms with Crippen molar-refractivity contribution in [1.29, 1.82) is 0 Å². The van der Waals surface area contributed by atoms with Gasteiger partial charge in [-0.15, -0.1) is 0 Å². The van der Waals surface area contributed by atoms with Gasteiger partial charge in [-0.3, -0.25) is 0 Å². The van der Waals surface area contributed by atoms with Gasteiger partial charge in [0.05, 0.1) is 11.0 Å². The van der Waals surface area contributed by atoms with Crippen molar-refractivity contribution in [3.8, 4) is 0 Å². The molecule has 19 heavy (non-hydrogen) atoms. The number of rotatable bonds is 5. The zero-order valence-corrected chi connectivity index (χ0v) is 11.8. The van der Waals surface area contributed by atoms with E-state index in [0.717, 1.165) is 12.0 Å². The van der Waals surface area contributed by atoms with Gasteiger partial charge < -0.3 is 9.84 Å². The molecule has 106 valence electrons. The van der Waals surface area contributed by atoms with Crippen LogP contribution in [-0.2, 0) is 21.2 Å². The summed E-state index contributed by atoms with van der Waals surface area (Å²) >= 11 is 0. The number of sulfonamides is 1. The largest absolute Gasteiger partial charge is 0.396 e. The van der Waals surface area contributed by atoms with Crippen molar-refractivity contribution in [3.05, 3.63) is 29.8 Å². The Morgan fingerprint density at radius 2 is 2.05 bits per heavy atom. The van der Waals surface area contributed by atoms with E-state index in [0.29, 0.717) is 24.4 Å². The zero-order valence-electron chi connectivity index (χ0n) is 10.9. The molecule has 1 aromatic carbocycles. The lowest BCUT2D eigenvalue weighted by Crippen LogP contribution is -2.30. The highest BCUT2D eigenvalue weighted by Crippen LogP contribution is 2.22. The lowest BCUT2D eigenvalue weighted by Gasteiger charge is -2.16. The van der Waals surface area contributed by atoms with E-state index in [4.69, 9.17) is 9.84 Å². The molecule has 0 amide bonds. The van der Waals surface area contributed by atoms with E-state index in [2.05, 4.69) is 0 Å². The topological polar surface area (TPSA) is 66.8 Å². The Morgan fingerprint density at radius 1 is 1.37 bits per heavy atom. The van der Waals surface area contributed by atoms with Gasteiger partial charge in [-0.2, -0.15) is 4.31 Å². The molecule has 1 unspecified atom stereocenters. The zero-order chi connectivity index (χ0) is 13.9. The highest BCUT2D eigenvalue weighted by molar-refractivity contribution is 7.89. The molecule has 1 heterocycles. The number of methoxy groups -OCH3 is 1. The molecule has 0 aromatic heterocycles. The second kappa shape index (κ2) is 6.00. The Bertz CT molecular complexity index is 512. The summed E-state index contributed by atoms with van der Waals surface area (Å²) in [5, 5.41) is 8.84. The minimum atomic E-state index is -3.42. The van der Waals surface area contributed by atoms with Crippen LogP contribution < -0.4 is 0 Å². The Balaban J connectivity index is 2.15. The molecule has 2 rings (SSSR count). The average Bonchev–Trinajstić information content (AvgIpc) is 2.89. The maximum absolute atomic E-state index is 12.4. The molecule has 0 saturated carbocycles. The van der Waals surface area contributed by atoms with Crippen LogP contribution in [0.25, 0.3) is 0 Å². The van der Waals surface area contributed by atoms with Gasteiger partial charge >= 0.3 is 0 Å². The van der Waals surface area contributed by atoms with Crippen LogP contribution in [0.5, 0.6) is 0 Å². The summed E-state index contributed by atoms with van der Waals surface area (Å²) in [6.45, 7) is 0.976. The number of hydrogen-bond donors (Lipinski definition) is 1. The average molecular weight is 285 g/mol. The van der Waals surface area contributed by atoms with Crippen LogP contribution in [0, 0.1) is 0 Å². The molecule has 1 aromatic rings. The molecule has 1 aliphatic heterocycles. The lowest BCUT2D eigenvalue weighted by atomic mass is 10.2. The van der Waals surface area contributed by atoms with E-state index < -0.39 is 10.0 Å². The number of hydrogen-bond acceptors (Lipinski definition) is 4. The molecular formula is C13H19NO4S. The summed E-state index contributed by atoms with van der Waals surface area (Å²) in [4.78, 5) is 0.297. The van der Waals surface area contributed by atoms with Crippen molar-refractivity contribution in [2.45, 2.75) is 23.8 Å². The van der Waals surface area contributed by atoms with Crippen LogP contribution >= 0.6 is 0 Å². The highest BCUT2D eigenvalue weighted by atomic mass is 32.2. The number of benzene rings is 1. The van der Waals surface area contributed by atoms with E-state index in [9.17, 15) is 8.42 Å². The summed E-state index contributed by atoms with van der Waals surface area (Å²) in [6.07, 6.45) is 1.26. The molecule has 0 aliphatic carbocycles. The third-order valence-corrected chi connectivity index (χ3v) is 5.28. The first-order chi connectivity index (χ1) is 9.07. The second-order valence-corrected chi connectivity index (χ2v) is 6.56. The Kier molecular flexibility index (Phi) is 4.57. The monoisotopic (exact) mass is 285 g/mol. The Hall–Kier alpha value is -0.950. The molecule has 1 aliphatic rings. The fraction of sp³-hybridized carbons (Fsp3) is 0.538. The van der Waals surface area contributed by atoms with Gasteiger partial charge in [0.15, 0.2) is 0 Å². The first kappa shape index (κ1) is 14.5. The Morgan fingerprint density at radius 3 is 2.58 bits per heavy atom. The minimum Gasteiger partial charge on any atom is -0.396 e. The molecule has 1 N–H and O–H groups in total. The molecular weight excluding hydrogens is 266 g/mol. The predicted octanol–water partition coefficient (Wildman–Crippen LogP) is 0.631. The maximum atomic E-state index is 12.4. The molecule has 0 bridgehead atoms. The normalized spacial score (nSPS) is 20.8. The maximum Gasteiger partial charge on any atom is 0.243 e. The van der Waals surface area contributed by atoms with E-state index in [1.54, 1.807) is 31.4 Å². The number of aliphatic hydroxyl groups excluding tert-OH is 1. The van der Waals surface area contributed by atoms with E-state index in [-0.39, 0.29) is 12.7 Å². The number of ether oxygens (including phenoxy) is 1. The summed E-state index contributed by atoms with van der Waals surface area (Å²) in [5.41, 5.74) is 0.928. The first-order valence-corrected chi connectivity index (χ1v) is 7.74. The van der Waals surface area contributed by atoms with Crippen molar-refractivity contribution in [2.24, 2.45) is 0 Å². The van der Waals surface area contributed by atoms with Crippen LogP contribution in [-0.4, -0.2) is 50.7 Å². The third-order valence-electron chi connectivity index (χ3n) is 3.40. The van der Waals surface area contributed by atoms with E-state index >= 15 is 0 Å². The molecule has 0 radical (unpaired) electrons. The van der Waals surface area contributed by atoms with Gasteiger partial charge in [-0.25, -0.2) is 8.42 Å². The molecule has 1 atom stereocenters. The second-order valence-electron chi connectivity index (χ2n) is 4.63. The van der Waals surface area contributed by atoms with Crippen molar-refractivity contribution in [1.82, 2.24) is 4.31 Å². The fourth-order valence-electron chi connectivity index (χ4n) is 2.21. The highest BCUT2D eigenvalue weighted by Gasteiger charge is 2.32. The summed E-state index contributed by atoms with van der Waals surface area (Å²) in [7, 11) is -1.82. The van der Waals surface area contributed by atoms with E-state index in [1.807, 2.05) is 0 Å². The van der Waals surface area contributed by atoms with Crippen LogP contribution in [0.15, 0.2) is 29.2 Å². The Labute approximate surface area is 113 Å². The minimum absolute atomic E-state index is 0.0107. The van der Waals surface area contributed by atoms with Crippen molar-refractivity contribution >= 4 is 10.0 Å². The van der Waals surface area contributed by atoms with Crippen LogP contribution in [0.2, 0.25) is 0 Å². The van der Waals surface area contributed by atoms with Crippen molar-refractivity contribution in [2.75, 3.05) is 26.8 Å². The van der Waals surface area contributed by atoms with E-state index in [1.165, 1.54) is 4.31 Å². The van der Waals surface area contributed by atoms with Gasteiger partial charge in [-0.1, -0.05) is 12.1 Å². The first-order valence-electron chi connectivity index (χ1n) is 6.30. The molecule has 1 saturated heterocycles. The summed E-state index contributed by atoms with van der Waals surface area (Å²) in [5.74, 6) is 0. The summed E-state index contributed by atoms with van der Waals surface area (Å²) in [6, 6.07) is 6.68. The fourth-order valence-corrected chi connectivity index (χ4v) is 3.70. The van der Waals surface area contributed by atoms with Crippen LogP contribution in [0.4, 0.5) is 0 Å². The standard InChI is InChI=1S/C13H19NO4S/c1-18-12-6-8-14(10-12)19(16,17)13-4-2-11(3-5-13)7-9-15/h2-5,12,15H,6-10H2,1H3. The van der Waals surface area contributed by atoms with Crippen LogP contribution in [0.1, 0.15) is 12.0 Å². The van der Waals surface area contributed by atoms with Gasteiger partial charge in [0.25, 0.3) is 0 Å². The summed E-state index contributed by atoms with van der Waals surface area (Å²) < 4.78 is 31.4. The van der Waals surface area contributed by atoms with Crippen LogP contribution in [0.3, 0.4) is 0 Å². The molecule has 5 nitrogen and oxygen atoms in total. The third kappa shape index (κ3) is 3.14. The van der Waals surface area contributed by atoms with Gasteiger partial charge in [0.2, 0.25) is 10.0 Å². The predicted molar refractivity (Wildman–Crippen MR) is 71.4 cm³/mol. The SMILES string of the molecule is COC1CCN(S(=O)(=O)c2ccc(CCO)cc2)C1. The number of aliphatic hydroxyl groups is 1. The smallest absolute Gasteiger partial charge is 0.243 e. The number of nitrogens with zero attached hydrogens (tertiary/aromatic N) is 1. The quantitative estimate of drug-likeness (QED) is 0.862. The van der Waals surface area contributed by atoms with Gasteiger partial charge in [-0.05, 0) is 30.5 Å². The van der Waals surface area contributed by atoms with Gasteiger partial charge in [0, 0.05) is 26.8 Å². The lowest BCUT2D eigenvalue weighted by molar-refractivity contribution is 0.115. The van der Waals surface area contributed by atoms with Gasteiger partial charge in [0.1, 0.15) is 0 Å².